The zero-order valence-electron chi connectivity index (χ0n) is 10.9. The van der Waals surface area contributed by atoms with Gasteiger partial charge in [-0.05, 0) is 42.0 Å². The topological polar surface area (TPSA) is 44.0 Å². The second-order valence-corrected chi connectivity index (χ2v) is 5.59. The molecule has 2 aromatic rings. The van der Waals surface area contributed by atoms with E-state index in [2.05, 4.69) is 0 Å². The molecule has 0 fully saturated rings. The number of nitrogens with zero attached hydrogens (tertiary/aromatic N) is 2. The van der Waals surface area contributed by atoms with Crippen molar-refractivity contribution in [2.75, 3.05) is 0 Å². The molecule has 0 saturated heterocycles. The van der Waals surface area contributed by atoms with E-state index in [1.165, 1.54) is 4.57 Å². The van der Waals surface area contributed by atoms with Crippen molar-refractivity contribution in [3.8, 4) is 0 Å². The highest BCUT2D eigenvalue weighted by molar-refractivity contribution is 14.1. The van der Waals surface area contributed by atoms with E-state index < -0.39 is 0 Å². The second-order valence-electron chi connectivity index (χ2n) is 4.43. The number of rotatable bonds is 3. The minimum absolute atomic E-state index is 0.225. The molecule has 4 nitrogen and oxygen atoms in total. The van der Waals surface area contributed by atoms with Gasteiger partial charge in [0.05, 0.1) is 10.1 Å². The van der Waals surface area contributed by atoms with E-state index in [9.17, 15) is 9.59 Å². The Hall–Kier alpha value is -1.37. The Balaban J connectivity index is 2.54. The maximum absolute atomic E-state index is 12.2. The van der Waals surface area contributed by atoms with Crippen LogP contribution in [0.4, 0.5) is 0 Å². The van der Waals surface area contributed by atoms with Gasteiger partial charge in [-0.3, -0.25) is 13.9 Å². The summed E-state index contributed by atoms with van der Waals surface area (Å²) in [5.74, 6) is 0. The molecule has 0 saturated carbocycles. The Morgan fingerprint density at radius 3 is 2.63 bits per heavy atom. The monoisotopic (exact) mass is 370 g/mol. The van der Waals surface area contributed by atoms with Gasteiger partial charge in [0.15, 0.2) is 0 Å². The first-order valence-corrected chi connectivity index (χ1v) is 7.16. The van der Waals surface area contributed by atoms with Crippen LogP contribution in [-0.2, 0) is 13.1 Å². The average molecular weight is 370 g/mol. The number of benzene rings is 1. The smallest absolute Gasteiger partial charge is 0.300 e. The fraction of sp³-hybridized carbons (Fsp3) is 0.286. The summed E-state index contributed by atoms with van der Waals surface area (Å²) in [6.07, 6.45) is 1.61. The Kier molecular flexibility index (Phi) is 4.24. The van der Waals surface area contributed by atoms with E-state index in [4.69, 9.17) is 0 Å². The summed E-state index contributed by atoms with van der Waals surface area (Å²) in [7, 11) is 0. The summed E-state index contributed by atoms with van der Waals surface area (Å²) in [6.45, 7) is 4.75. The number of halogens is 1. The van der Waals surface area contributed by atoms with Crippen molar-refractivity contribution in [1.29, 1.82) is 0 Å². The van der Waals surface area contributed by atoms with Crippen LogP contribution in [-0.4, -0.2) is 9.13 Å². The van der Waals surface area contributed by atoms with E-state index in [1.807, 2.05) is 60.7 Å². The lowest BCUT2D eigenvalue weighted by Crippen LogP contribution is -2.40. The molecular weight excluding hydrogens is 355 g/mol. The van der Waals surface area contributed by atoms with Gasteiger partial charge in [0.25, 0.3) is 5.56 Å². The average Bonchev–Trinajstić information content (AvgIpc) is 2.39. The summed E-state index contributed by atoms with van der Waals surface area (Å²) in [6, 6.07) is 7.84. The molecule has 1 aromatic carbocycles. The van der Waals surface area contributed by atoms with Crippen LogP contribution in [0.3, 0.4) is 0 Å². The zero-order valence-corrected chi connectivity index (χ0v) is 13.0. The first kappa shape index (κ1) is 14.0. The summed E-state index contributed by atoms with van der Waals surface area (Å²) in [5, 5.41) is 0. The van der Waals surface area contributed by atoms with Crippen LogP contribution < -0.4 is 11.2 Å². The number of hydrogen-bond donors (Lipinski definition) is 0. The molecule has 0 radical (unpaired) electrons. The first-order valence-electron chi connectivity index (χ1n) is 6.08. The molecule has 0 amide bonds. The van der Waals surface area contributed by atoms with Gasteiger partial charge in [0.2, 0.25) is 0 Å². The molecule has 0 aliphatic carbocycles. The fourth-order valence-electron chi connectivity index (χ4n) is 1.98. The molecule has 0 bridgehead atoms. The lowest BCUT2D eigenvalue weighted by atomic mass is 10.1. The molecule has 0 N–H and O–H groups in total. The van der Waals surface area contributed by atoms with Gasteiger partial charge in [-0.1, -0.05) is 29.8 Å². The van der Waals surface area contributed by atoms with Crippen LogP contribution in [0, 0.1) is 10.5 Å². The molecule has 0 spiro atoms. The largest absolute Gasteiger partial charge is 0.331 e. The van der Waals surface area contributed by atoms with E-state index in [-0.39, 0.29) is 11.2 Å². The highest BCUT2D eigenvalue weighted by Gasteiger charge is 2.09. The summed E-state index contributed by atoms with van der Waals surface area (Å²) >= 11 is 1.97. The SMILES string of the molecule is CCn1cc(I)c(=O)n(Cc2cccc(C)c2)c1=O. The van der Waals surface area contributed by atoms with Gasteiger partial charge < -0.3 is 0 Å². The van der Waals surface area contributed by atoms with E-state index in [1.54, 1.807) is 10.8 Å². The normalized spacial score (nSPS) is 10.7. The third-order valence-corrected chi connectivity index (χ3v) is 3.70. The van der Waals surface area contributed by atoms with E-state index >= 15 is 0 Å². The van der Waals surface area contributed by atoms with Crippen LogP contribution in [0.15, 0.2) is 40.1 Å². The lowest BCUT2D eigenvalue weighted by Gasteiger charge is -2.10. The molecular formula is C14H15IN2O2. The molecule has 0 aliphatic heterocycles. The highest BCUT2D eigenvalue weighted by Crippen LogP contribution is 2.05. The third-order valence-electron chi connectivity index (χ3n) is 2.96. The lowest BCUT2D eigenvalue weighted by molar-refractivity contribution is 0.595. The predicted molar refractivity (Wildman–Crippen MR) is 83.6 cm³/mol. The first-order chi connectivity index (χ1) is 9.02. The van der Waals surface area contributed by atoms with Gasteiger partial charge in [0.1, 0.15) is 0 Å². The summed E-state index contributed by atoms with van der Waals surface area (Å²) in [5.41, 5.74) is 1.60. The molecule has 1 heterocycles. The van der Waals surface area contributed by atoms with E-state index in [0.29, 0.717) is 16.7 Å². The van der Waals surface area contributed by atoms with Crippen LogP contribution >= 0.6 is 22.6 Å². The minimum Gasteiger partial charge on any atom is -0.300 e. The number of aryl methyl sites for hydroxylation is 2. The molecule has 0 aliphatic rings. The Labute approximate surface area is 124 Å². The predicted octanol–water partition coefficient (Wildman–Crippen LogP) is 1.99. The van der Waals surface area contributed by atoms with Gasteiger partial charge in [0, 0.05) is 12.7 Å². The van der Waals surface area contributed by atoms with Crippen LogP contribution in [0.25, 0.3) is 0 Å². The van der Waals surface area contributed by atoms with Gasteiger partial charge in [-0.25, -0.2) is 4.79 Å². The highest BCUT2D eigenvalue weighted by atomic mass is 127. The second kappa shape index (κ2) is 5.73. The Morgan fingerprint density at radius 2 is 2.00 bits per heavy atom. The molecule has 19 heavy (non-hydrogen) atoms. The van der Waals surface area contributed by atoms with Gasteiger partial charge >= 0.3 is 5.69 Å². The fourth-order valence-corrected chi connectivity index (χ4v) is 2.60. The maximum atomic E-state index is 12.2. The summed E-state index contributed by atoms with van der Waals surface area (Å²) in [4.78, 5) is 24.3. The van der Waals surface area contributed by atoms with Crippen molar-refractivity contribution in [3.63, 3.8) is 0 Å². The van der Waals surface area contributed by atoms with E-state index in [0.717, 1.165) is 11.1 Å². The van der Waals surface area contributed by atoms with Gasteiger partial charge in [-0.2, -0.15) is 0 Å². The van der Waals surface area contributed by atoms with Gasteiger partial charge in [-0.15, -0.1) is 0 Å². The third kappa shape index (κ3) is 2.97. The van der Waals surface area contributed by atoms with Crippen molar-refractivity contribution in [3.05, 3.63) is 66.0 Å². The van der Waals surface area contributed by atoms with Crippen LogP contribution in [0.2, 0.25) is 0 Å². The molecule has 5 heteroatoms. The minimum atomic E-state index is -0.255. The van der Waals surface area contributed by atoms with Crippen LogP contribution in [0.5, 0.6) is 0 Å². The maximum Gasteiger partial charge on any atom is 0.331 e. The molecule has 1 aromatic heterocycles. The van der Waals surface area contributed by atoms with Crippen LogP contribution in [0.1, 0.15) is 18.1 Å². The zero-order chi connectivity index (χ0) is 14.0. The molecule has 0 atom stereocenters. The number of hydrogen-bond acceptors (Lipinski definition) is 2. The standard InChI is InChI=1S/C14H15IN2O2/c1-3-16-9-12(15)13(18)17(14(16)19)8-11-6-4-5-10(2)7-11/h4-7,9H,3,8H2,1-2H3. The number of aromatic nitrogens is 2. The van der Waals surface area contributed by atoms with Crippen molar-refractivity contribution in [2.24, 2.45) is 0 Å². The Morgan fingerprint density at radius 1 is 1.26 bits per heavy atom. The summed E-state index contributed by atoms with van der Waals surface area (Å²) < 4.78 is 3.41. The van der Waals surface area contributed by atoms with Crippen molar-refractivity contribution in [1.82, 2.24) is 9.13 Å². The molecule has 100 valence electrons. The molecule has 2 rings (SSSR count). The van der Waals surface area contributed by atoms with Crippen molar-refractivity contribution in [2.45, 2.75) is 26.9 Å². The van der Waals surface area contributed by atoms with Crippen molar-refractivity contribution >= 4 is 22.6 Å². The Bertz CT molecular complexity index is 716. The van der Waals surface area contributed by atoms with Crippen molar-refractivity contribution < 1.29 is 0 Å². The quantitative estimate of drug-likeness (QED) is 0.776. The molecule has 0 unspecified atom stereocenters.